The van der Waals surface area contributed by atoms with Gasteiger partial charge >= 0.3 is 5.97 Å². The molecule has 1 aliphatic rings. The van der Waals surface area contributed by atoms with E-state index in [0.29, 0.717) is 25.5 Å². The zero-order chi connectivity index (χ0) is 14.5. The van der Waals surface area contributed by atoms with E-state index in [1.807, 2.05) is 11.6 Å². The van der Waals surface area contributed by atoms with Gasteiger partial charge in [0.05, 0.1) is 25.3 Å². The largest absolute Gasteiger partial charge is 0.466 e. The molecule has 1 heterocycles. The monoisotopic (exact) mass is 279 g/mol. The minimum Gasteiger partial charge on any atom is -0.466 e. The molecule has 0 fully saturated rings. The second-order valence-corrected chi connectivity index (χ2v) is 5.39. The van der Waals surface area contributed by atoms with Gasteiger partial charge in [-0.3, -0.25) is 9.48 Å². The molecule has 1 unspecified atom stereocenters. The first-order chi connectivity index (χ1) is 9.67. The van der Waals surface area contributed by atoms with Crippen LogP contribution in [0.3, 0.4) is 0 Å². The normalized spacial score (nSPS) is 17.9. The molecule has 5 heteroatoms. The van der Waals surface area contributed by atoms with Crippen LogP contribution in [0.1, 0.15) is 55.5 Å². The van der Waals surface area contributed by atoms with Gasteiger partial charge in [0, 0.05) is 5.69 Å². The Morgan fingerprint density at radius 1 is 1.55 bits per heavy atom. The van der Waals surface area contributed by atoms with E-state index in [-0.39, 0.29) is 5.97 Å². The molecular weight excluding hydrogens is 254 g/mol. The van der Waals surface area contributed by atoms with Crippen LogP contribution in [-0.4, -0.2) is 28.9 Å². The molecule has 0 aliphatic heterocycles. The van der Waals surface area contributed by atoms with Crippen LogP contribution in [0.4, 0.5) is 0 Å². The number of rotatable bonds is 6. The number of hydrogen-bond acceptors (Lipinski definition) is 4. The van der Waals surface area contributed by atoms with Crippen LogP contribution in [0.2, 0.25) is 0 Å². The summed E-state index contributed by atoms with van der Waals surface area (Å²) < 4.78 is 6.98. The van der Waals surface area contributed by atoms with E-state index in [4.69, 9.17) is 10.5 Å². The van der Waals surface area contributed by atoms with Crippen molar-refractivity contribution in [3.8, 4) is 0 Å². The highest BCUT2D eigenvalue weighted by molar-refractivity contribution is 5.69. The predicted molar refractivity (Wildman–Crippen MR) is 77.6 cm³/mol. The molecule has 1 aliphatic carbocycles. The van der Waals surface area contributed by atoms with Gasteiger partial charge < -0.3 is 10.5 Å². The van der Waals surface area contributed by atoms with Gasteiger partial charge in [0.25, 0.3) is 0 Å². The molecule has 2 rings (SSSR count). The van der Waals surface area contributed by atoms with Gasteiger partial charge in [0.1, 0.15) is 0 Å². The Morgan fingerprint density at radius 2 is 2.35 bits per heavy atom. The van der Waals surface area contributed by atoms with Gasteiger partial charge in [0.2, 0.25) is 0 Å². The van der Waals surface area contributed by atoms with E-state index in [9.17, 15) is 4.79 Å². The van der Waals surface area contributed by atoms with Crippen LogP contribution in [0.15, 0.2) is 0 Å². The number of aryl methyl sites for hydroxylation is 2. The van der Waals surface area contributed by atoms with Crippen LogP contribution in [0.25, 0.3) is 0 Å². The average Bonchev–Trinajstić information content (AvgIpc) is 2.75. The topological polar surface area (TPSA) is 70.1 Å². The van der Waals surface area contributed by atoms with Crippen LogP contribution in [0.5, 0.6) is 0 Å². The Hall–Kier alpha value is -1.36. The van der Waals surface area contributed by atoms with Crippen molar-refractivity contribution in [1.29, 1.82) is 0 Å². The summed E-state index contributed by atoms with van der Waals surface area (Å²) in [6.07, 6.45) is 4.86. The van der Waals surface area contributed by atoms with Crippen LogP contribution in [-0.2, 0) is 22.5 Å². The third-order valence-electron chi connectivity index (χ3n) is 4.01. The van der Waals surface area contributed by atoms with Crippen molar-refractivity contribution >= 4 is 5.97 Å². The van der Waals surface area contributed by atoms with E-state index in [2.05, 4.69) is 12.0 Å². The molecule has 1 aromatic heterocycles. The SMILES string of the molecule is CCOC(=O)CCn1nc(C)c2c1CCCC2CCN. The summed E-state index contributed by atoms with van der Waals surface area (Å²) in [7, 11) is 0. The Kier molecular flexibility index (Phi) is 5.17. The lowest BCUT2D eigenvalue weighted by molar-refractivity contribution is -0.143. The number of hydrogen-bond donors (Lipinski definition) is 1. The lowest BCUT2D eigenvalue weighted by Crippen LogP contribution is -2.17. The maximum atomic E-state index is 11.5. The summed E-state index contributed by atoms with van der Waals surface area (Å²) >= 11 is 0. The molecule has 2 N–H and O–H groups in total. The molecule has 0 spiro atoms. The van der Waals surface area contributed by atoms with Crippen molar-refractivity contribution in [3.63, 3.8) is 0 Å². The second-order valence-electron chi connectivity index (χ2n) is 5.39. The van der Waals surface area contributed by atoms with E-state index in [1.165, 1.54) is 24.1 Å². The molecule has 1 aromatic rings. The Bertz CT molecular complexity index is 468. The molecule has 0 saturated heterocycles. The summed E-state index contributed by atoms with van der Waals surface area (Å²) in [6, 6.07) is 0. The summed E-state index contributed by atoms with van der Waals surface area (Å²) in [5.41, 5.74) is 9.50. The maximum absolute atomic E-state index is 11.5. The first-order valence-electron chi connectivity index (χ1n) is 7.59. The second kappa shape index (κ2) is 6.88. The van der Waals surface area contributed by atoms with Gasteiger partial charge in [-0.25, -0.2) is 0 Å². The smallest absolute Gasteiger partial charge is 0.307 e. The predicted octanol–water partition coefficient (Wildman–Crippen LogP) is 1.91. The first-order valence-corrected chi connectivity index (χ1v) is 7.59. The number of nitrogens with zero attached hydrogens (tertiary/aromatic N) is 2. The zero-order valence-electron chi connectivity index (χ0n) is 12.5. The molecular formula is C15H25N3O2. The van der Waals surface area contributed by atoms with Gasteiger partial charge in [-0.1, -0.05) is 0 Å². The minimum absolute atomic E-state index is 0.149. The van der Waals surface area contributed by atoms with Crippen LogP contribution < -0.4 is 5.73 Å². The Labute approximate surface area is 120 Å². The number of aromatic nitrogens is 2. The molecule has 0 bridgehead atoms. The molecule has 20 heavy (non-hydrogen) atoms. The van der Waals surface area contributed by atoms with Gasteiger partial charge in [-0.15, -0.1) is 0 Å². The highest BCUT2D eigenvalue weighted by atomic mass is 16.5. The third kappa shape index (κ3) is 3.20. The molecule has 0 amide bonds. The Morgan fingerprint density at radius 3 is 3.05 bits per heavy atom. The van der Waals surface area contributed by atoms with Crippen molar-refractivity contribution in [1.82, 2.24) is 9.78 Å². The summed E-state index contributed by atoms with van der Waals surface area (Å²) in [6.45, 7) is 5.67. The van der Waals surface area contributed by atoms with Crippen LogP contribution in [0, 0.1) is 6.92 Å². The number of esters is 1. The van der Waals surface area contributed by atoms with Crippen molar-refractivity contribution in [3.05, 3.63) is 17.0 Å². The number of fused-ring (bicyclic) bond motifs is 1. The lowest BCUT2D eigenvalue weighted by atomic mass is 9.83. The highest BCUT2D eigenvalue weighted by Crippen LogP contribution is 2.35. The summed E-state index contributed by atoms with van der Waals surface area (Å²) in [4.78, 5) is 11.5. The molecule has 1 atom stereocenters. The van der Waals surface area contributed by atoms with E-state index >= 15 is 0 Å². The maximum Gasteiger partial charge on any atom is 0.307 e. The molecule has 112 valence electrons. The average molecular weight is 279 g/mol. The third-order valence-corrected chi connectivity index (χ3v) is 4.01. The fourth-order valence-corrected chi connectivity index (χ4v) is 3.20. The van der Waals surface area contributed by atoms with Gasteiger partial charge in [0.15, 0.2) is 0 Å². The van der Waals surface area contributed by atoms with E-state index < -0.39 is 0 Å². The fourth-order valence-electron chi connectivity index (χ4n) is 3.20. The zero-order valence-corrected chi connectivity index (χ0v) is 12.5. The van der Waals surface area contributed by atoms with Crippen molar-refractivity contribution < 1.29 is 9.53 Å². The summed E-state index contributed by atoms with van der Waals surface area (Å²) in [5, 5.41) is 4.62. The van der Waals surface area contributed by atoms with Crippen LogP contribution >= 0.6 is 0 Å². The number of ether oxygens (including phenoxy) is 1. The number of nitrogens with two attached hydrogens (primary N) is 1. The molecule has 0 radical (unpaired) electrons. The standard InChI is InChI=1S/C15H25N3O2/c1-3-20-14(19)8-10-18-13-6-4-5-12(7-9-16)15(13)11(2)17-18/h12H,3-10,16H2,1-2H3. The van der Waals surface area contributed by atoms with Gasteiger partial charge in [-0.2, -0.15) is 5.10 Å². The van der Waals surface area contributed by atoms with Crippen molar-refractivity contribution in [2.75, 3.05) is 13.2 Å². The first kappa shape index (κ1) is 15.0. The fraction of sp³-hybridized carbons (Fsp3) is 0.733. The number of carbonyl (C=O) groups is 1. The number of carbonyl (C=O) groups excluding carboxylic acids is 1. The lowest BCUT2D eigenvalue weighted by Gasteiger charge is -2.23. The highest BCUT2D eigenvalue weighted by Gasteiger charge is 2.26. The minimum atomic E-state index is -0.149. The molecule has 0 saturated carbocycles. The quantitative estimate of drug-likeness (QED) is 0.808. The van der Waals surface area contributed by atoms with Gasteiger partial charge in [-0.05, 0) is 57.6 Å². The van der Waals surface area contributed by atoms with Crippen molar-refractivity contribution in [2.24, 2.45) is 5.73 Å². The molecule has 0 aromatic carbocycles. The van der Waals surface area contributed by atoms with E-state index in [1.54, 1.807) is 0 Å². The van der Waals surface area contributed by atoms with Crippen molar-refractivity contribution in [2.45, 2.75) is 58.4 Å². The summed E-state index contributed by atoms with van der Waals surface area (Å²) in [5.74, 6) is 0.392. The Balaban J connectivity index is 2.12. The van der Waals surface area contributed by atoms with E-state index in [0.717, 1.165) is 25.1 Å². The molecule has 5 nitrogen and oxygen atoms in total.